The van der Waals surface area contributed by atoms with Crippen molar-refractivity contribution in [3.05, 3.63) is 18.5 Å². The number of aromatic nitrogens is 3. The molecule has 0 aliphatic carbocycles. The maximum Gasteiger partial charge on any atom is 0.201 e. The summed E-state index contributed by atoms with van der Waals surface area (Å²) in [7, 11) is 0. The van der Waals surface area contributed by atoms with E-state index in [1.165, 1.54) is 6.42 Å². The lowest BCUT2D eigenvalue weighted by Gasteiger charge is -2.20. The van der Waals surface area contributed by atoms with Crippen molar-refractivity contribution in [1.29, 1.82) is 0 Å². The summed E-state index contributed by atoms with van der Waals surface area (Å²) in [5.41, 5.74) is 8.00. The first-order chi connectivity index (χ1) is 9.67. The van der Waals surface area contributed by atoms with Gasteiger partial charge in [-0.3, -0.25) is 4.98 Å². The molecule has 0 radical (unpaired) electrons. The number of pyridine rings is 1. The lowest BCUT2D eigenvalue weighted by atomic mass is 10.1. The lowest BCUT2D eigenvalue weighted by Crippen LogP contribution is -2.24. The van der Waals surface area contributed by atoms with Crippen LogP contribution in [0.5, 0.6) is 0 Å². The second-order valence-corrected chi connectivity index (χ2v) is 5.22. The Balaban J connectivity index is 2.04. The van der Waals surface area contributed by atoms with Gasteiger partial charge in [0, 0.05) is 12.2 Å². The largest absolute Gasteiger partial charge is 0.369 e. The number of nitrogens with zero attached hydrogens (tertiary/aromatic N) is 4. The Morgan fingerprint density at radius 2 is 2.10 bits per heavy atom. The molecule has 0 amide bonds. The van der Waals surface area contributed by atoms with Gasteiger partial charge >= 0.3 is 0 Å². The van der Waals surface area contributed by atoms with Crippen molar-refractivity contribution in [2.75, 3.05) is 25.4 Å². The summed E-state index contributed by atoms with van der Waals surface area (Å²) >= 11 is 0. The molecule has 2 aromatic rings. The molecular formula is C15H25N5. The molecule has 0 saturated carbocycles. The van der Waals surface area contributed by atoms with Gasteiger partial charge in [0.15, 0.2) is 0 Å². The Hall–Kier alpha value is -1.62. The van der Waals surface area contributed by atoms with E-state index in [4.69, 9.17) is 5.73 Å². The fraction of sp³-hybridized carbons (Fsp3) is 0.600. The molecule has 0 aliphatic rings. The second kappa shape index (κ2) is 6.70. The van der Waals surface area contributed by atoms with Crippen LogP contribution in [0, 0.1) is 0 Å². The molecule has 2 aromatic heterocycles. The van der Waals surface area contributed by atoms with Gasteiger partial charge in [-0.05, 0) is 45.5 Å². The Bertz CT molecular complexity index is 544. The maximum atomic E-state index is 6.05. The van der Waals surface area contributed by atoms with E-state index in [-0.39, 0.29) is 0 Å². The number of nitrogens with two attached hydrogens (primary N) is 1. The van der Waals surface area contributed by atoms with Gasteiger partial charge in [-0.15, -0.1) is 0 Å². The first kappa shape index (κ1) is 14.8. The van der Waals surface area contributed by atoms with Crippen molar-refractivity contribution in [3.8, 4) is 0 Å². The van der Waals surface area contributed by atoms with Gasteiger partial charge in [0.05, 0.1) is 11.7 Å². The minimum atomic E-state index is 0.359. The number of nitrogen functional groups attached to an aromatic ring is 1. The quantitative estimate of drug-likeness (QED) is 0.844. The first-order valence-corrected chi connectivity index (χ1v) is 7.47. The Kier molecular flexibility index (Phi) is 4.95. The summed E-state index contributed by atoms with van der Waals surface area (Å²) in [6.45, 7) is 10.0. The van der Waals surface area contributed by atoms with E-state index in [0.29, 0.717) is 12.0 Å². The van der Waals surface area contributed by atoms with Gasteiger partial charge in [0.1, 0.15) is 5.52 Å². The summed E-state index contributed by atoms with van der Waals surface area (Å²) in [4.78, 5) is 10.9. The smallest absolute Gasteiger partial charge is 0.201 e. The average molecular weight is 275 g/mol. The third-order valence-corrected chi connectivity index (χ3v) is 3.95. The van der Waals surface area contributed by atoms with Crippen LogP contribution in [0.1, 0.15) is 39.7 Å². The summed E-state index contributed by atoms with van der Waals surface area (Å²) in [6, 6.07) is 2.34. The summed E-state index contributed by atoms with van der Waals surface area (Å²) in [5.74, 6) is 0.586. The Morgan fingerprint density at radius 3 is 2.80 bits per heavy atom. The zero-order valence-electron chi connectivity index (χ0n) is 12.7. The zero-order valence-corrected chi connectivity index (χ0v) is 12.7. The van der Waals surface area contributed by atoms with Gasteiger partial charge in [0.25, 0.3) is 0 Å². The topological polar surface area (TPSA) is 60.0 Å². The minimum Gasteiger partial charge on any atom is -0.369 e. The fourth-order valence-electron chi connectivity index (χ4n) is 2.71. The molecule has 5 nitrogen and oxygen atoms in total. The molecule has 1 unspecified atom stereocenters. The third kappa shape index (κ3) is 3.10. The van der Waals surface area contributed by atoms with E-state index in [2.05, 4.69) is 40.2 Å². The molecular weight excluding hydrogens is 250 g/mol. The van der Waals surface area contributed by atoms with E-state index in [0.717, 1.165) is 37.1 Å². The number of rotatable bonds is 7. The average Bonchev–Trinajstić information content (AvgIpc) is 2.79. The molecule has 5 heteroatoms. The van der Waals surface area contributed by atoms with Crippen LogP contribution < -0.4 is 5.73 Å². The van der Waals surface area contributed by atoms with Crippen molar-refractivity contribution in [2.24, 2.45) is 0 Å². The fourth-order valence-corrected chi connectivity index (χ4v) is 2.71. The molecule has 2 heterocycles. The monoisotopic (exact) mass is 275 g/mol. The molecule has 0 aromatic carbocycles. The predicted molar refractivity (Wildman–Crippen MR) is 83.7 cm³/mol. The number of hydrogen-bond donors (Lipinski definition) is 1. The van der Waals surface area contributed by atoms with Gasteiger partial charge < -0.3 is 15.2 Å². The van der Waals surface area contributed by atoms with Crippen molar-refractivity contribution in [2.45, 2.75) is 39.7 Å². The molecule has 2 rings (SSSR count). The molecule has 0 saturated heterocycles. The van der Waals surface area contributed by atoms with E-state index < -0.39 is 0 Å². The minimum absolute atomic E-state index is 0.359. The van der Waals surface area contributed by atoms with Crippen molar-refractivity contribution in [1.82, 2.24) is 19.4 Å². The lowest BCUT2D eigenvalue weighted by molar-refractivity contribution is 0.289. The third-order valence-electron chi connectivity index (χ3n) is 3.95. The summed E-state index contributed by atoms with van der Waals surface area (Å²) < 4.78 is 2.12. The molecule has 1 atom stereocenters. The highest BCUT2D eigenvalue weighted by Crippen LogP contribution is 2.24. The van der Waals surface area contributed by atoms with Crippen LogP contribution in [-0.4, -0.2) is 39.1 Å². The van der Waals surface area contributed by atoms with Crippen LogP contribution in [0.25, 0.3) is 11.0 Å². The van der Waals surface area contributed by atoms with Crippen LogP contribution in [0.3, 0.4) is 0 Å². The molecule has 110 valence electrons. The SMILES string of the molecule is CCN(CC)CCCC(C)n1c(N)nc2cnccc21. The van der Waals surface area contributed by atoms with Crippen molar-refractivity contribution in [3.63, 3.8) is 0 Å². The maximum absolute atomic E-state index is 6.05. The molecule has 0 aliphatic heterocycles. The van der Waals surface area contributed by atoms with Crippen molar-refractivity contribution >= 4 is 17.0 Å². The summed E-state index contributed by atoms with van der Waals surface area (Å²) in [5, 5.41) is 0. The molecule has 0 fully saturated rings. The highest BCUT2D eigenvalue weighted by atomic mass is 15.2. The highest BCUT2D eigenvalue weighted by Gasteiger charge is 2.14. The molecule has 20 heavy (non-hydrogen) atoms. The van der Waals surface area contributed by atoms with Crippen LogP contribution in [0.15, 0.2) is 18.5 Å². The van der Waals surface area contributed by atoms with Crippen LogP contribution in [0.2, 0.25) is 0 Å². The molecule has 0 spiro atoms. The van der Waals surface area contributed by atoms with E-state index in [1.807, 2.05) is 6.07 Å². The van der Waals surface area contributed by atoms with Gasteiger partial charge in [-0.1, -0.05) is 13.8 Å². The summed E-state index contributed by atoms with van der Waals surface area (Å²) in [6.07, 6.45) is 5.84. The molecule has 0 bridgehead atoms. The number of anilines is 1. The predicted octanol–water partition coefficient (Wildman–Crippen LogP) is 2.70. The first-order valence-electron chi connectivity index (χ1n) is 7.47. The van der Waals surface area contributed by atoms with Crippen LogP contribution in [0.4, 0.5) is 5.95 Å². The number of imidazole rings is 1. The standard InChI is InChI=1S/C15H25N5/c1-4-19(5-2)10-6-7-12(3)20-14-8-9-17-11-13(14)18-15(20)16/h8-9,11-12H,4-7,10H2,1-3H3,(H2,16,18). The van der Waals surface area contributed by atoms with E-state index in [9.17, 15) is 0 Å². The Morgan fingerprint density at radius 1 is 1.35 bits per heavy atom. The van der Waals surface area contributed by atoms with E-state index in [1.54, 1.807) is 12.4 Å². The second-order valence-electron chi connectivity index (χ2n) is 5.22. The van der Waals surface area contributed by atoms with Gasteiger partial charge in [0.2, 0.25) is 5.95 Å². The van der Waals surface area contributed by atoms with Crippen molar-refractivity contribution < 1.29 is 0 Å². The normalized spacial score (nSPS) is 13.2. The molecule has 2 N–H and O–H groups in total. The number of fused-ring (bicyclic) bond motifs is 1. The van der Waals surface area contributed by atoms with Crippen LogP contribution in [-0.2, 0) is 0 Å². The van der Waals surface area contributed by atoms with Gasteiger partial charge in [-0.25, -0.2) is 4.98 Å². The van der Waals surface area contributed by atoms with E-state index >= 15 is 0 Å². The zero-order chi connectivity index (χ0) is 14.5. The number of hydrogen-bond acceptors (Lipinski definition) is 4. The van der Waals surface area contributed by atoms with Crippen LogP contribution >= 0.6 is 0 Å². The van der Waals surface area contributed by atoms with Gasteiger partial charge in [-0.2, -0.15) is 0 Å². The highest BCUT2D eigenvalue weighted by molar-refractivity contribution is 5.77. The Labute approximate surface area is 120 Å².